The molecule has 2 aromatic carbocycles. The minimum Gasteiger partial charge on any atom is -0.435 e. The molecule has 6 nitrogen and oxygen atoms in total. The van der Waals surface area contributed by atoms with E-state index in [-0.39, 0.29) is 11.7 Å². The number of pyridine rings is 1. The lowest BCUT2D eigenvalue weighted by Crippen LogP contribution is -2.27. The second-order valence-electron chi connectivity index (χ2n) is 6.92. The van der Waals surface area contributed by atoms with Gasteiger partial charge in [-0.3, -0.25) is 9.20 Å². The van der Waals surface area contributed by atoms with E-state index in [9.17, 15) is 13.6 Å². The van der Waals surface area contributed by atoms with Crippen molar-refractivity contribution in [2.45, 2.75) is 13.0 Å². The Morgan fingerprint density at radius 1 is 1.00 bits per heavy atom. The van der Waals surface area contributed by atoms with Crippen LogP contribution in [0, 0.1) is 0 Å². The normalized spacial score (nSPS) is 11.7. The Balaban J connectivity index is 1.50. The van der Waals surface area contributed by atoms with Crippen molar-refractivity contribution in [1.29, 1.82) is 0 Å². The third-order valence-electron chi connectivity index (χ3n) is 4.76. The highest BCUT2D eigenvalue weighted by Gasteiger charge is 2.13. The van der Waals surface area contributed by atoms with E-state index in [1.165, 1.54) is 12.1 Å². The number of hydrogen-bond acceptors (Lipinski definition) is 4. The lowest BCUT2D eigenvalue weighted by Gasteiger charge is -2.10. The van der Waals surface area contributed by atoms with Crippen molar-refractivity contribution >= 4 is 23.2 Å². The van der Waals surface area contributed by atoms with Crippen molar-refractivity contribution in [1.82, 2.24) is 19.9 Å². The Morgan fingerprint density at radius 3 is 2.50 bits per heavy atom. The number of carbonyl (C=O) groups is 1. The third-order valence-corrected chi connectivity index (χ3v) is 4.76. The topological polar surface area (TPSA) is 68.5 Å². The molecule has 0 saturated carbocycles. The fraction of sp³-hybridized carbons (Fsp3) is 0.125. The maximum atomic E-state index is 13.0. The van der Waals surface area contributed by atoms with Gasteiger partial charge in [0.15, 0.2) is 5.65 Å². The number of ether oxygens (including phenoxy) is 1. The number of carbonyl (C=O) groups excluding carboxylic acids is 1. The number of fused-ring (bicyclic) bond motifs is 1. The summed E-state index contributed by atoms with van der Waals surface area (Å²) in [5.41, 5.74) is 2.63. The molecule has 32 heavy (non-hydrogen) atoms. The van der Waals surface area contributed by atoms with E-state index in [1.807, 2.05) is 59.1 Å². The molecule has 0 unspecified atom stereocenters. The molecule has 8 heteroatoms. The Labute approximate surface area is 183 Å². The second-order valence-corrected chi connectivity index (χ2v) is 6.92. The fourth-order valence-corrected chi connectivity index (χ4v) is 3.25. The zero-order valence-corrected chi connectivity index (χ0v) is 17.0. The summed E-state index contributed by atoms with van der Waals surface area (Å²) in [4.78, 5) is 13.0. The van der Waals surface area contributed by atoms with Crippen LogP contribution in [0.15, 0.2) is 79.0 Å². The first-order valence-corrected chi connectivity index (χ1v) is 9.99. The van der Waals surface area contributed by atoms with Crippen molar-refractivity contribution in [3.8, 4) is 5.75 Å². The van der Waals surface area contributed by atoms with Gasteiger partial charge in [0.25, 0.3) is 5.91 Å². The minimum atomic E-state index is -2.88. The molecule has 0 bridgehead atoms. The summed E-state index contributed by atoms with van der Waals surface area (Å²) in [6.45, 7) is -2.51. The molecule has 162 valence electrons. The maximum absolute atomic E-state index is 13.0. The molecule has 0 spiro atoms. The highest BCUT2D eigenvalue weighted by atomic mass is 19.3. The highest BCUT2D eigenvalue weighted by Crippen LogP contribution is 2.21. The van der Waals surface area contributed by atoms with Crippen LogP contribution in [0.1, 0.15) is 17.0 Å². The molecule has 4 rings (SSSR count). The number of halogens is 2. The molecule has 1 N–H and O–H groups in total. The molecule has 0 fully saturated rings. The van der Waals surface area contributed by atoms with Crippen LogP contribution < -0.4 is 10.1 Å². The lowest BCUT2D eigenvalue weighted by atomic mass is 10.0. The zero-order chi connectivity index (χ0) is 22.3. The predicted octanol–water partition coefficient (Wildman–Crippen LogP) is 4.23. The average molecular weight is 434 g/mol. The van der Waals surface area contributed by atoms with Crippen LogP contribution in [-0.2, 0) is 11.2 Å². The van der Waals surface area contributed by atoms with E-state index in [1.54, 1.807) is 18.2 Å². The van der Waals surface area contributed by atoms with Gasteiger partial charge < -0.3 is 10.1 Å². The summed E-state index contributed by atoms with van der Waals surface area (Å²) in [7, 11) is 0. The summed E-state index contributed by atoms with van der Waals surface area (Å²) in [5, 5.41) is 11.2. The summed E-state index contributed by atoms with van der Waals surface area (Å²) in [6.07, 6.45) is 4.10. The number of nitrogens with zero attached hydrogens (tertiary/aromatic N) is 3. The van der Waals surface area contributed by atoms with Crippen molar-refractivity contribution in [3.63, 3.8) is 0 Å². The van der Waals surface area contributed by atoms with Gasteiger partial charge in [0.2, 0.25) is 0 Å². The van der Waals surface area contributed by atoms with E-state index < -0.39 is 6.61 Å². The molecule has 0 aliphatic carbocycles. The molecule has 0 saturated heterocycles. The molecule has 0 aliphatic heterocycles. The van der Waals surface area contributed by atoms with Crippen LogP contribution in [0.25, 0.3) is 17.3 Å². The summed E-state index contributed by atoms with van der Waals surface area (Å²) in [5.74, 6) is 0.557. The van der Waals surface area contributed by atoms with Gasteiger partial charge in [0, 0.05) is 24.7 Å². The largest absolute Gasteiger partial charge is 0.435 e. The second kappa shape index (κ2) is 9.82. The van der Waals surface area contributed by atoms with Crippen LogP contribution in [-0.4, -0.2) is 33.7 Å². The van der Waals surface area contributed by atoms with Crippen LogP contribution in [0.3, 0.4) is 0 Å². The number of nitrogens with one attached hydrogen (secondary N) is 1. The van der Waals surface area contributed by atoms with E-state index in [0.717, 1.165) is 17.0 Å². The number of hydrogen-bond donors (Lipinski definition) is 1. The van der Waals surface area contributed by atoms with E-state index >= 15 is 0 Å². The van der Waals surface area contributed by atoms with Gasteiger partial charge in [-0.15, -0.1) is 10.2 Å². The van der Waals surface area contributed by atoms with Gasteiger partial charge in [-0.2, -0.15) is 8.78 Å². The molecule has 4 aromatic rings. The number of amides is 1. The van der Waals surface area contributed by atoms with Gasteiger partial charge >= 0.3 is 6.61 Å². The molecule has 2 aromatic heterocycles. The van der Waals surface area contributed by atoms with Crippen molar-refractivity contribution < 1.29 is 18.3 Å². The van der Waals surface area contributed by atoms with Crippen LogP contribution in [0.2, 0.25) is 0 Å². The molecular weight excluding hydrogens is 414 g/mol. The van der Waals surface area contributed by atoms with Gasteiger partial charge in [-0.1, -0.05) is 48.5 Å². The van der Waals surface area contributed by atoms with Gasteiger partial charge in [-0.05, 0) is 41.5 Å². The number of rotatable bonds is 8. The fourth-order valence-electron chi connectivity index (χ4n) is 3.25. The minimum absolute atomic E-state index is 0.0587. The molecule has 0 atom stereocenters. The Bertz CT molecular complexity index is 1220. The van der Waals surface area contributed by atoms with Crippen LogP contribution >= 0.6 is 0 Å². The standard InChI is InChI=1S/C24H20F2N4O2/c25-24(26)32-19-11-9-17(10-12-19)16-20(18-6-2-1-3-7-18)23(31)27-14-13-22-29-28-21-8-4-5-15-30(21)22/h1-12,15-16,24H,13-14H2,(H,27,31). The van der Waals surface area contributed by atoms with E-state index in [2.05, 4.69) is 20.3 Å². The maximum Gasteiger partial charge on any atom is 0.387 e. The number of aromatic nitrogens is 3. The van der Waals surface area contributed by atoms with Crippen molar-refractivity contribution in [3.05, 3.63) is 95.9 Å². The molecule has 1 amide bonds. The first-order chi connectivity index (χ1) is 15.6. The SMILES string of the molecule is O=C(NCCc1nnc2ccccn12)C(=Cc1ccc(OC(F)F)cc1)c1ccccc1. The lowest BCUT2D eigenvalue weighted by molar-refractivity contribution is -0.115. The highest BCUT2D eigenvalue weighted by molar-refractivity contribution is 6.24. The van der Waals surface area contributed by atoms with Gasteiger partial charge in [-0.25, -0.2) is 0 Å². The summed E-state index contributed by atoms with van der Waals surface area (Å²) >= 11 is 0. The van der Waals surface area contributed by atoms with E-state index in [4.69, 9.17) is 0 Å². The van der Waals surface area contributed by atoms with E-state index in [0.29, 0.717) is 24.1 Å². The average Bonchev–Trinajstić information content (AvgIpc) is 3.22. The van der Waals surface area contributed by atoms with Gasteiger partial charge in [0.1, 0.15) is 11.6 Å². The molecule has 2 heterocycles. The Hall–Kier alpha value is -4.07. The predicted molar refractivity (Wildman–Crippen MR) is 117 cm³/mol. The van der Waals surface area contributed by atoms with Gasteiger partial charge in [0.05, 0.1) is 0 Å². The van der Waals surface area contributed by atoms with Crippen molar-refractivity contribution in [2.24, 2.45) is 0 Å². The summed E-state index contributed by atoms with van der Waals surface area (Å²) in [6, 6.07) is 21.0. The smallest absolute Gasteiger partial charge is 0.387 e. The third kappa shape index (κ3) is 5.15. The first kappa shape index (κ1) is 21.2. The Kier molecular flexibility index (Phi) is 6.50. The number of alkyl halides is 2. The monoisotopic (exact) mass is 434 g/mol. The van der Waals surface area contributed by atoms with Crippen LogP contribution in [0.4, 0.5) is 8.78 Å². The quantitative estimate of drug-likeness (QED) is 0.333. The zero-order valence-electron chi connectivity index (χ0n) is 17.0. The molecular formula is C24H20F2N4O2. The summed E-state index contributed by atoms with van der Waals surface area (Å²) < 4.78 is 31.0. The van der Waals surface area contributed by atoms with Crippen LogP contribution in [0.5, 0.6) is 5.75 Å². The van der Waals surface area contributed by atoms with Crippen molar-refractivity contribution in [2.75, 3.05) is 6.54 Å². The molecule has 0 aliphatic rings. The number of benzene rings is 2. The molecule has 0 radical (unpaired) electrons. The Morgan fingerprint density at radius 2 is 1.75 bits per heavy atom. The first-order valence-electron chi connectivity index (χ1n) is 9.99.